The van der Waals surface area contributed by atoms with Crippen molar-refractivity contribution in [1.29, 1.82) is 0 Å². The van der Waals surface area contributed by atoms with Crippen molar-refractivity contribution in [2.75, 3.05) is 0 Å². The Kier molecular flexibility index (Phi) is 6.25. The Morgan fingerprint density at radius 3 is 1.79 bits per heavy atom. The third kappa shape index (κ3) is 4.13. The molecule has 0 aliphatic heterocycles. The number of carboxylic acids is 1. The summed E-state index contributed by atoms with van der Waals surface area (Å²) < 4.78 is 6.04. The Morgan fingerprint density at radius 2 is 1.32 bits per heavy atom. The second-order valence-corrected chi connectivity index (χ2v) is 6.39. The number of aliphatic hydroxyl groups excluding tert-OH is 1. The molecular formula is C24H22O4. The maximum atomic E-state index is 11.8. The molecule has 3 aromatic carbocycles. The zero-order valence-electron chi connectivity index (χ0n) is 15.3. The van der Waals surface area contributed by atoms with Gasteiger partial charge in [-0.3, -0.25) is 0 Å². The smallest absolute Gasteiger partial charge is 0.337 e. The molecule has 0 amide bonds. The van der Waals surface area contributed by atoms with Gasteiger partial charge in [-0.05, 0) is 18.1 Å². The van der Waals surface area contributed by atoms with Crippen LogP contribution in [0.2, 0.25) is 0 Å². The number of benzene rings is 3. The number of carboxylic acid groups (broad SMARTS) is 1. The monoisotopic (exact) mass is 374 g/mol. The molecule has 28 heavy (non-hydrogen) atoms. The minimum absolute atomic E-state index is 0.556. The van der Waals surface area contributed by atoms with Crippen molar-refractivity contribution < 1.29 is 19.7 Å². The van der Waals surface area contributed by atoms with Crippen LogP contribution in [0.25, 0.3) is 0 Å². The molecule has 2 N–H and O–H groups in total. The minimum atomic E-state index is -1.79. The lowest BCUT2D eigenvalue weighted by atomic mass is 9.81. The average molecular weight is 374 g/mol. The van der Waals surface area contributed by atoms with Crippen molar-refractivity contribution in [1.82, 2.24) is 0 Å². The Bertz CT molecular complexity index is 866. The topological polar surface area (TPSA) is 66.8 Å². The lowest BCUT2D eigenvalue weighted by molar-refractivity contribution is -0.160. The van der Waals surface area contributed by atoms with Gasteiger partial charge >= 0.3 is 5.97 Å². The predicted molar refractivity (Wildman–Crippen MR) is 108 cm³/mol. The van der Waals surface area contributed by atoms with Crippen molar-refractivity contribution >= 4 is 5.97 Å². The van der Waals surface area contributed by atoms with E-state index in [4.69, 9.17) is 4.74 Å². The van der Waals surface area contributed by atoms with Crippen LogP contribution in [0.4, 0.5) is 0 Å². The van der Waals surface area contributed by atoms with Crippen molar-refractivity contribution in [2.45, 2.75) is 18.1 Å². The van der Waals surface area contributed by atoms with Crippen LogP contribution in [0.1, 0.15) is 16.7 Å². The number of rotatable bonds is 8. The number of ether oxygens (including phenoxy) is 1. The van der Waals surface area contributed by atoms with Gasteiger partial charge in [0, 0.05) is 11.1 Å². The van der Waals surface area contributed by atoms with Gasteiger partial charge < -0.3 is 14.9 Å². The molecule has 0 radical (unpaired) electrons. The fraction of sp³-hybridized carbons (Fsp3) is 0.125. The second kappa shape index (κ2) is 9.02. The van der Waals surface area contributed by atoms with Crippen molar-refractivity contribution in [3.8, 4) is 0 Å². The quantitative estimate of drug-likeness (QED) is 0.581. The lowest BCUT2D eigenvalue weighted by Crippen LogP contribution is -2.46. The first-order valence-corrected chi connectivity index (χ1v) is 9.03. The Balaban J connectivity index is 2.01. The first kappa shape index (κ1) is 19.4. The summed E-state index contributed by atoms with van der Waals surface area (Å²) in [5.74, 6) is -1.36. The van der Waals surface area contributed by atoms with E-state index in [1.165, 1.54) is 6.26 Å². The SMILES string of the molecule is O=C(O)C(O)C(OC=CCc1ccccc1)(c1ccccc1)c1ccccc1. The molecular weight excluding hydrogens is 352 g/mol. The van der Waals surface area contributed by atoms with Crippen LogP contribution in [0, 0.1) is 0 Å². The average Bonchev–Trinajstić information content (AvgIpc) is 2.75. The summed E-state index contributed by atoms with van der Waals surface area (Å²) in [6.45, 7) is 0. The molecule has 3 rings (SSSR count). The van der Waals surface area contributed by atoms with E-state index in [2.05, 4.69) is 0 Å². The molecule has 0 aliphatic rings. The van der Waals surface area contributed by atoms with E-state index >= 15 is 0 Å². The number of hydrogen-bond donors (Lipinski definition) is 2. The van der Waals surface area contributed by atoms with Crippen LogP contribution in [-0.4, -0.2) is 22.3 Å². The number of allylic oxidation sites excluding steroid dienone is 1. The van der Waals surface area contributed by atoms with Crippen LogP contribution in [-0.2, 0) is 21.6 Å². The Labute approximate surface area is 164 Å². The van der Waals surface area contributed by atoms with E-state index < -0.39 is 17.7 Å². The molecule has 0 aromatic heterocycles. The number of hydrogen-bond acceptors (Lipinski definition) is 3. The molecule has 142 valence electrons. The van der Waals surface area contributed by atoms with Crippen molar-refractivity contribution in [3.63, 3.8) is 0 Å². The first-order valence-electron chi connectivity index (χ1n) is 9.03. The largest absolute Gasteiger partial charge is 0.482 e. The molecule has 1 atom stereocenters. The summed E-state index contributed by atoms with van der Waals surface area (Å²) in [6.07, 6.45) is 2.12. The summed E-state index contributed by atoms with van der Waals surface area (Å²) in [4.78, 5) is 11.8. The van der Waals surface area contributed by atoms with Gasteiger partial charge in [-0.2, -0.15) is 0 Å². The summed E-state index contributed by atoms with van der Waals surface area (Å²) >= 11 is 0. The molecule has 0 fully saturated rings. The van der Waals surface area contributed by atoms with Crippen LogP contribution in [0.5, 0.6) is 0 Å². The second-order valence-electron chi connectivity index (χ2n) is 6.39. The molecule has 0 bridgehead atoms. The van der Waals surface area contributed by atoms with Crippen LogP contribution in [0.3, 0.4) is 0 Å². The van der Waals surface area contributed by atoms with Crippen LogP contribution < -0.4 is 0 Å². The standard InChI is InChI=1S/C24H22O4/c25-22(23(26)27)24(20-14-6-2-7-15-20,21-16-8-3-9-17-21)28-18-10-13-19-11-4-1-5-12-19/h1-12,14-18,22,25H,13H2,(H,26,27). The third-order valence-electron chi connectivity index (χ3n) is 4.57. The predicted octanol–water partition coefficient (Wildman–Crippen LogP) is 4.15. The van der Waals surface area contributed by atoms with Crippen molar-refractivity contribution in [3.05, 3.63) is 120 Å². The molecule has 0 saturated carbocycles. The number of aliphatic hydroxyl groups is 1. The van der Waals surface area contributed by atoms with E-state index in [0.717, 1.165) is 5.56 Å². The molecule has 0 aliphatic carbocycles. The highest BCUT2D eigenvalue weighted by molar-refractivity contribution is 5.75. The molecule has 0 saturated heterocycles. The summed E-state index contributed by atoms with van der Waals surface area (Å²) in [5, 5.41) is 20.3. The molecule has 1 unspecified atom stereocenters. The van der Waals surface area contributed by atoms with Gasteiger partial charge in [0.2, 0.25) is 0 Å². The zero-order chi connectivity index (χ0) is 19.8. The van der Waals surface area contributed by atoms with Crippen molar-refractivity contribution in [2.24, 2.45) is 0 Å². The van der Waals surface area contributed by atoms with Gasteiger partial charge in [-0.25, -0.2) is 4.79 Å². The van der Waals surface area contributed by atoms with Gasteiger partial charge in [0.1, 0.15) is 0 Å². The summed E-state index contributed by atoms with van der Waals surface area (Å²) in [6, 6.07) is 27.7. The summed E-state index contributed by atoms with van der Waals surface area (Å²) in [7, 11) is 0. The Morgan fingerprint density at radius 1 is 0.857 bits per heavy atom. The molecule has 0 spiro atoms. The maximum Gasteiger partial charge on any atom is 0.337 e. The van der Waals surface area contributed by atoms with Crippen LogP contribution >= 0.6 is 0 Å². The first-order chi connectivity index (χ1) is 13.6. The van der Waals surface area contributed by atoms with E-state index in [-0.39, 0.29) is 0 Å². The number of carbonyl (C=O) groups is 1. The van der Waals surface area contributed by atoms with Crippen LogP contribution in [0.15, 0.2) is 103 Å². The van der Waals surface area contributed by atoms with Gasteiger partial charge in [0.15, 0.2) is 11.7 Å². The normalized spacial score (nSPS) is 12.6. The fourth-order valence-electron chi connectivity index (χ4n) is 3.18. The highest BCUT2D eigenvalue weighted by atomic mass is 16.5. The highest BCUT2D eigenvalue weighted by Gasteiger charge is 2.47. The zero-order valence-corrected chi connectivity index (χ0v) is 15.3. The van der Waals surface area contributed by atoms with Gasteiger partial charge in [0.25, 0.3) is 0 Å². The molecule has 0 heterocycles. The van der Waals surface area contributed by atoms with Gasteiger partial charge in [0.05, 0.1) is 6.26 Å². The lowest BCUT2D eigenvalue weighted by Gasteiger charge is -2.36. The van der Waals surface area contributed by atoms with E-state index in [1.54, 1.807) is 48.5 Å². The van der Waals surface area contributed by atoms with E-state index in [1.807, 2.05) is 48.5 Å². The minimum Gasteiger partial charge on any atom is -0.482 e. The van der Waals surface area contributed by atoms with Gasteiger partial charge in [-0.15, -0.1) is 0 Å². The molecule has 4 nitrogen and oxygen atoms in total. The highest BCUT2D eigenvalue weighted by Crippen LogP contribution is 2.37. The summed E-state index contributed by atoms with van der Waals surface area (Å²) in [5.41, 5.74) is 0.647. The Hall–Kier alpha value is -3.37. The molecule has 4 heteroatoms. The maximum absolute atomic E-state index is 11.8. The fourth-order valence-corrected chi connectivity index (χ4v) is 3.18. The van der Waals surface area contributed by atoms with Gasteiger partial charge in [-0.1, -0.05) is 91.0 Å². The van der Waals surface area contributed by atoms with E-state index in [0.29, 0.717) is 17.5 Å². The van der Waals surface area contributed by atoms with E-state index in [9.17, 15) is 15.0 Å². The molecule has 3 aromatic rings. The third-order valence-corrected chi connectivity index (χ3v) is 4.57. The number of aliphatic carboxylic acids is 1.